The molecule has 3 aromatic rings. The molecule has 0 spiro atoms. The maximum Gasteiger partial charge on any atom is 0.328 e. The molecule has 0 saturated carbocycles. The second kappa shape index (κ2) is 8.36. The van der Waals surface area contributed by atoms with Gasteiger partial charge in [0.1, 0.15) is 23.1 Å². The molecule has 2 aliphatic heterocycles. The van der Waals surface area contributed by atoms with Crippen LogP contribution in [-0.4, -0.2) is 54.1 Å². The summed E-state index contributed by atoms with van der Waals surface area (Å²) in [6.07, 6.45) is 0. The van der Waals surface area contributed by atoms with Crippen LogP contribution in [0, 0.1) is 17.5 Å². The van der Waals surface area contributed by atoms with Crippen molar-refractivity contribution in [2.24, 2.45) is 0 Å². The molecule has 10 heteroatoms. The van der Waals surface area contributed by atoms with E-state index in [1.165, 1.54) is 18.2 Å². The zero-order chi connectivity index (χ0) is 23.1. The molecule has 33 heavy (non-hydrogen) atoms. The number of piperazine rings is 1. The van der Waals surface area contributed by atoms with Crippen LogP contribution in [0.3, 0.4) is 0 Å². The van der Waals surface area contributed by atoms with Crippen LogP contribution in [0.1, 0.15) is 5.56 Å². The Morgan fingerprint density at radius 3 is 2.24 bits per heavy atom. The molecule has 170 valence electrons. The third-order valence-electron chi connectivity index (χ3n) is 5.87. The standard InChI is InChI=1S/C23H21F3N6O/c1-30-9-11-31(12-10-30)22-28-19(14-5-7-15(24)8-6-14)16-13-27-23(33)32(21(16)29-22)20-17(25)3-2-4-18(20)26/h2-8H,9-13H2,1H3,(H,27,33). The Hall–Kier alpha value is -3.66. The average molecular weight is 454 g/mol. The Morgan fingerprint density at radius 1 is 0.909 bits per heavy atom. The zero-order valence-corrected chi connectivity index (χ0v) is 17.9. The van der Waals surface area contributed by atoms with Crippen LogP contribution in [-0.2, 0) is 6.54 Å². The van der Waals surface area contributed by atoms with Crippen LogP contribution in [0.15, 0.2) is 42.5 Å². The third-order valence-corrected chi connectivity index (χ3v) is 5.87. The quantitative estimate of drug-likeness (QED) is 0.654. The number of carbonyl (C=O) groups excluding carboxylic acids is 1. The first-order valence-electron chi connectivity index (χ1n) is 10.5. The maximum atomic E-state index is 14.7. The van der Waals surface area contributed by atoms with Crippen LogP contribution in [0.2, 0.25) is 0 Å². The second-order valence-corrected chi connectivity index (χ2v) is 8.04. The number of nitrogens with one attached hydrogen (secondary N) is 1. The number of urea groups is 1. The number of carbonyl (C=O) groups is 1. The van der Waals surface area contributed by atoms with Gasteiger partial charge in [0.25, 0.3) is 0 Å². The van der Waals surface area contributed by atoms with E-state index in [0.717, 1.165) is 30.1 Å². The summed E-state index contributed by atoms with van der Waals surface area (Å²) in [7, 11) is 2.02. The molecular weight excluding hydrogens is 433 g/mol. The molecule has 0 atom stereocenters. The molecule has 0 aliphatic carbocycles. The molecule has 2 amide bonds. The lowest BCUT2D eigenvalue weighted by Gasteiger charge is -2.35. The Labute approximate surface area is 188 Å². The largest absolute Gasteiger partial charge is 0.338 e. The number of aromatic nitrogens is 2. The molecule has 7 nitrogen and oxygen atoms in total. The zero-order valence-electron chi connectivity index (χ0n) is 17.9. The number of rotatable bonds is 3. The third kappa shape index (κ3) is 3.86. The van der Waals surface area contributed by atoms with Crippen molar-refractivity contribution in [3.8, 4) is 11.3 Å². The van der Waals surface area contributed by atoms with Crippen molar-refractivity contribution >= 4 is 23.5 Å². The fourth-order valence-electron chi connectivity index (χ4n) is 4.05. The van der Waals surface area contributed by atoms with Gasteiger partial charge < -0.3 is 15.1 Å². The first-order valence-corrected chi connectivity index (χ1v) is 10.5. The molecule has 3 heterocycles. The number of nitrogens with zero attached hydrogens (tertiary/aromatic N) is 5. The van der Waals surface area contributed by atoms with Gasteiger partial charge in [-0.25, -0.2) is 27.8 Å². The van der Waals surface area contributed by atoms with Gasteiger partial charge in [0.2, 0.25) is 5.95 Å². The predicted molar refractivity (Wildman–Crippen MR) is 118 cm³/mol. The summed E-state index contributed by atoms with van der Waals surface area (Å²) < 4.78 is 43.0. The minimum absolute atomic E-state index is 0.0659. The van der Waals surface area contributed by atoms with E-state index in [9.17, 15) is 18.0 Å². The molecule has 0 unspecified atom stereocenters. The summed E-state index contributed by atoms with van der Waals surface area (Å²) in [5.41, 5.74) is 1.05. The summed E-state index contributed by atoms with van der Waals surface area (Å²) in [6.45, 7) is 2.95. The molecule has 5 rings (SSSR count). The van der Waals surface area contributed by atoms with Crippen molar-refractivity contribution in [3.05, 3.63) is 65.5 Å². The summed E-state index contributed by atoms with van der Waals surface area (Å²) in [4.78, 5) is 27.2. The Morgan fingerprint density at radius 2 is 1.58 bits per heavy atom. The van der Waals surface area contributed by atoms with Gasteiger partial charge in [-0.2, -0.15) is 4.98 Å². The van der Waals surface area contributed by atoms with Crippen LogP contribution >= 0.6 is 0 Å². The highest BCUT2D eigenvalue weighted by Gasteiger charge is 2.34. The molecule has 1 fully saturated rings. The Balaban J connectivity index is 1.72. The van der Waals surface area contributed by atoms with Crippen molar-refractivity contribution < 1.29 is 18.0 Å². The minimum Gasteiger partial charge on any atom is -0.338 e. The van der Waals surface area contributed by atoms with E-state index in [1.54, 1.807) is 12.1 Å². The summed E-state index contributed by atoms with van der Waals surface area (Å²) >= 11 is 0. The Bertz CT molecular complexity index is 1190. The van der Waals surface area contributed by atoms with Gasteiger partial charge >= 0.3 is 6.03 Å². The van der Waals surface area contributed by atoms with Gasteiger partial charge in [0, 0.05) is 37.3 Å². The molecular formula is C23H21F3N6O. The number of para-hydroxylation sites is 1. The van der Waals surface area contributed by atoms with Gasteiger partial charge in [-0.1, -0.05) is 6.07 Å². The monoisotopic (exact) mass is 454 g/mol. The number of benzene rings is 2. The SMILES string of the molecule is CN1CCN(c2nc(-c3ccc(F)cc3)c3c(n2)N(c2c(F)cccc2F)C(=O)NC3)CC1. The van der Waals surface area contributed by atoms with E-state index in [4.69, 9.17) is 4.98 Å². The van der Waals surface area contributed by atoms with E-state index in [-0.39, 0.29) is 12.4 Å². The number of hydrogen-bond donors (Lipinski definition) is 1. The lowest BCUT2D eigenvalue weighted by atomic mass is 10.0. The number of halogens is 3. The van der Waals surface area contributed by atoms with Crippen molar-refractivity contribution in [1.29, 1.82) is 0 Å². The smallest absolute Gasteiger partial charge is 0.328 e. The van der Waals surface area contributed by atoms with Gasteiger partial charge in [0.05, 0.1) is 12.2 Å². The number of hydrogen-bond acceptors (Lipinski definition) is 5. The highest BCUT2D eigenvalue weighted by atomic mass is 19.1. The highest BCUT2D eigenvalue weighted by Crippen LogP contribution is 2.38. The predicted octanol–water partition coefficient (Wildman–Crippen LogP) is 3.67. The molecule has 1 N–H and O–H groups in total. The molecule has 2 aliphatic rings. The number of likely N-dealkylation sites (N-methyl/N-ethyl adjacent to an activating group) is 1. The van der Waals surface area contributed by atoms with Gasteiger partial charge in [-0.3, -0.25) is 0 Å². The number of amides is 2. The minimum atomic E-state index is -0.888. The van der Waals surface area contributed by atoms with E-state index >= 15 is 0 Å². The normalized spacial score (nSPS) is 16.5. The molecule has 0 radical (unpaired) electrons. The lowest BCUT2D eigenvalue weighted by Crippen LogP contribution is -2.46. The lowest BCUT2D eigenvalue weighted by molar-refractivity contribution is 0.246. The van der Waals surface area contributed by atoms with E-state index in [1.807, 2.05) is 11.9 Å². The van der Waals surface area contributed by atoms with E-state index in [0.29, 0.717) is 35.9 Å². The summed E-state index contributed by atoms with van der Waals surface area (Å²) in [5.74, 6) is -1.73. The average Bonchev–Trinajstić information content (AvgIpc) is 2.80. The number of anilines is 3. The van der Waals surface area contributed by atoms with Crippen LogP contribution < -0.4 is 15.1 Å². The fourth-order valence-corrected chi connectivity index (χ4v) is 4.05. The summed E-state index contributed by atoms with van der Waals surface area (Å²) in [6, 6.07) is 8.50. The number of fused-ring (bicyclic) bond motifs is 1. The highest BCUT2D eigenvalue weighted by molar-refractivity contribution is 6.02. The van der Waals surface area contributed by atoms with Crippen LogP contribution in [0.4, 0.5) is 35.4 Å². The van der Waals surface area contributed by atoms with E-state index < -0.39 is 29.2 Å². The van der Waals surface area contributed by atoms with Gasteiger partial charge in [-0.15, -0.1) is 0 Å². The topological polar surface area (TPSA) is 64.6 Å². The van der Waals surface area contributed by atoms with Crippen molar-refractivity contribution in [2.45, 2.75) is 6.54 Å². The molecule has 0 bridgehead atoms. The van der Waals surface area contributed by atoms with Gasteiger partial charge in [-0.05, 0) is 43.4 Å². The summed E-state index contributed by atoms with van der Waals surface area (Å²) in [5, 5.41) is 2.65. The first-order chi connectivity index (χ1) is 15.9. The van der Waals surface area contributed by atoms with Crippen LogP contribution in [0.5, 0.6) is 0 Å². The maximum absolute atomic E-state index is 14.7. The fraction of sp³-hybridized carbons (Fsp3) is 0.261. The molecule has 1 aromatic heterocycles. The van der Waals surface area contributed by atoms with Crippen molar-refractivity contribution in [3.63, 3.8) is 0 Å². The first kappa shape index (κ1) is 21.2. The molecule has 2 aromatic carbocycles. The van der Waals surface area contributed by atoms with E-state index in [2.05, 4.69) is 15.2 Å². The van der Waals surface area contributed by atoms with Crippen LogP contribution in [0.25, 0.3) is 11.3 Å². The van der Waals surface area contributed by atoms with Crippen molar-refractivity contribution in [2.75, 3.05) is 43.0 Å². The van der Waals surface area contributed by atoms with Crippen molar-refractivity contribution in [1.82, 2.24) is 20.2 Å². The Kier molecular flexibility index (Phi) is 5.37. The second-order valence-electron chi connectivity index (χ2n) is 8.04. The molecule has 1 saturated heterocycles. The van der Waals surface area contributed by atoms with Gasteiger partial charge in [0.15, 0.2) is 5.82 Å².